The van der Waals surface area contributed by atoms with Crippen molar-refractivity contribution in [3.05, 3.63) is 29.0 Å². The average Bonchev–Trinajstić information content (AvgIpc) is 3.08. The van der Waals surface area contributed by atoms with E-state index in [1.54, 1.807) is 28.4 Å². The molecule has 2 aromatic heterocycles. The highest BCUT2D eigenvalue weighted by molar-refractivity contribution is 7.15. The highest BCUT2D eigenvalue weighted by Crippen LogP contribution is 2.24. The molecule has 1 amide bonds. The molecule has 1 saturated heterocycles. The van der Waals surface area contributed by atoms with Gasteiger partial charge in [-0.1, -0.05) is 0 Å². The van der Waals surface area contributed by atoms with Gasteiger partial charge in [0, 0.05) is 43.4 Å². The van der Waals surface area contributed by atoms with Crippen LogP contribution in [0, 0.1) is 6.92 Å². The second-order valence-corrected chi connectivity index (χ2v) is 6.60. The number of anilines is 1. The van der Waals surface area contributed by atoms with Crippen LogP contribution < -0.4 is 10.2 Å². The highest BCUT2D eigenvalue weighted by atomic mass is 32.1. The van der Waals surface area contributed by atoms with Gasteiger partial charge in [0.2, 0.25) is 0 Å². The molecule has 0 saturated carbocycles. The molecule has 0 radical (unpaired) electrons. The number of amides is 1. The van der Waals surface area contributed by atoms with Gasteiger partial charge in [0.15, 0.2) is 5.13 Å². The second kappa shape index (κ2) is 5.85. The van der Waals surface area contributed by atoms with Gasteiger partial charge < -0.3 is 10.2 Å². The number of nitrogens with one attached hydrogen (secondary N) is 1. The van der Waals surface area contributed by atoms with Crippen molar-refractivity contribution >= 4 is 22.4 Å². The van der Waals surface area contributed by atoms with Gasteiger partial charge in [-0.15, -0.1) is 11.3 Å². The van der Waals surface area contributed by atoms with Gasteiger partial charge in [0.1, 0.15) is 0 Å². The van der Waals surface area contributed by atoms with E-state index in [0.717, 1.165) is 31.1 Å². The number of aromatic nitrogens is 3. The van der Waals surface area contributed by atoms with Crippen molar-refractivity contribution in [1.29, 1.82) is 0 Å². The molecule has 0 atom stereocenters. The minimum absolute atomic E-state index is 0.0355. The van der Waals surface area contributed by atoms with Crippen LogP contribution in [0.3, 0.4) is 0 Å². The molecule has 1 fully saturated rings. The Morgan fingerprint density at radius 1 is 1.38 bits per heavy atom. The van der Waals surface area contributed by atoms with Gasteiger partial charge in [0.05, 0.1) is 11.8 Å². The van der Waals surface area contributed by atoms with Crippen LogP contribution in [0.4, 0.5) is 5.13 Å². The summed E-state index contributed by atoms with van der Waals surface area (Å²) < 4.78 is 1.64. The van der Waals surface area contributed by atoms with Crippen LogP contribution in [0.5, 0.6) is 0 Å². The summed E-state index contributed by atoms with van der Waals surface area (Å²) in [6.07, 6.45) is 7.15. The summed E-state index contributed by atoms with van der Waals surface area (Å²) in [5.41, 5.74) is 0.621. The van der Waals surface area contributed by atoms with E-state index in [9.17, 15) is 4.79 Å². The molecule has 7 heteroatoms. The number of thiazole rings is 1. The zero-order chi connectivity index (χ0) is 14.8. The first kappa shape index (κ1) is 14.1. The third kappa shape index (κ3) is 3.24. The summed E-state index contributed by atoms with van der Waals surface area (Å²) in [4.78, 5) is 20.0. The molecule has 21 heavy (non-hydrogen) atoms. The van der Waals surface area contributed by atoms with Crippen molar-refractivity contribution < 1.29 is 4.79 Å². The molecule has 3 heterocycles. The fraction of sp³-hybridized carbons (Fsp3) is 0.500. The van der Waals surface area contributed by atoms with Crippen LogP contribution in [0.1, 0.15) is 28.1 Å². The summed E-state index contributed by atoms with van der Waals surface area (Å²) in [6, 6.07) is 0.231. The topological polar surface area (TPSA) is 63.1 Å². The van der Waals surface area contributed by atoms with Gasteiger partial charge in [0.25, 0.3) is 5.91 Å². The van der Waals surface area contributed by atoms with E-state index in [4.69, 9.17) is 0 Å². The predicted molar refractivity (Wildman–Crippen MR) is 82.8 cm³/mol. The van der Waals surface area contributed by atoms with E-state index in [1.807, 2.05) is 13.2 Å². The molecule has 0 unspecified atom stereocenters. The quantitative estimate of drug-likeness (QED) is 0.935. The molecule has 0 bridgehead atoms. The minimum Gasteiger partial charge on any atom is -0.349 e. The van der Waals surface area contributed by atoms with Gasteiger partial charge in [-0.2, -0.15) is 5.10 Å². The largest absolute Gasteiger partial charge is 0.349 e. The number of rotatable bonds is 3. The Bertz CT molecular complexity index is 627. The van der Waals surface area contributed by atoms with E-state index in [0.29, 0.717) is 5.56 Å². The summed E-state index contributed by atoms with van der Waals surface area (Å²) in [7, 11) is 1.81. The van der Waals surface area contributed by atoms with Crippen molar-refractivity contribution in [3.63, 3.8) is 0 Å². The third-order valence-corrected chi connectivity index (χ3v) is 4.65. The van der Waals surface area contributed by atoms with Crippen LogP contribution in [-0.4, -0.2) is 39.8 Å². The molecule has 0 aliphatic carbocycles. The first-order valence-electron chi connectivity index (χ1n) is 7.09. The van der Waals surface area contributed by atoms with Crippen molar-refractivity contribution in [2.24, 2.45) is 7.05 Å². The number of hydrogen-bond donors (Lipinski definition) is 1. The number of piperidine rings is 1. The van der Waals surface area contributed by atoms with E-state index < -0.39 is 0 Å². The fourth-order valence-electron chi connectivity index (χ4n) is 2.51. The van der Waals surface area contributed by atoms with Crippen LogP contribution in [0.15, 0.2) is 18.6 Å². The van der Waals surface area contributed by atoms with Crippen molar-refractivity contribution in [3.8, 4) is 0 Å². The Kier molecular flexibility index (Phi) is 3.92. The van der Waals surface area contributed by atoms with Crippen LogP contribution in [-0.2, 0) is 7.05 Å². The zero-order valence-corrected chi connectivity index (χ0v) is 13.1. The number of nitrogens with zero attached hydrogens (tertiary/aromatic N) is 4. The third-order valence-electron chi connectivity index (χ3n) is 3.68. The predicted octanol–water partition coefficient (Wildman–Crippen LogP) is 1.58. The summed E-state index contributed by atoms with van der Waals surface area (Å²) in [5.74, 6) is -0.0355. The smallest absolute Gasteiger partial charge is 0.254 e. The van der Waals surface area contributed by atoms with Crippen LogP contribution >= 0.6 is 11.3 Å². The fourth-order valence-corrected chi connectivity index (χ4v) is 3.32. The van der Waals surface area contributed by atoms with E-state index >= 15 is 0 Å². The average molecular weight is 305 g/mol. The lowest BCUT2D eigenvalue weighted by atomic mass is 10.1. The first-order valence-corrected chi connectivity index (χ1v) is 7.90. The van der Waals surface area contributed by atoms with Gasteiger partial charge >= 0.3 is 0 Å². The highest BCUT2D eigenvalue weighted by Gasteiger charge is 2.23. The lowest BCUT2D eigenvalue weighted by Gasteiger charge is -2.32. The lowest BCUT2D eigenvalue weighted by Crippen LogP contribution is -2.44. The van der Waals surface area contributed by atoms with Crippen LogP contribution in [0.2, 0.25) is 0 Å². The second-order valence-electron chi connectivity index (χ2n) is 5.39. The molecule has 0 aromatic carbocycles. The maximum absolute atomic E-state index is 12.1. The Morgan fingerprint density at radius 2 is 2.14 bits per heavy atom. The van der Waals surface area contributed by atoms with Crippen LogP contribution in [0.25, 0.3) is 0 Å². The molecule has 0 spiro atoms. The Balaban J connectivity index is 1.53. The molecule has 1 aliphatic rings. The minimum atomic E-state index is -0.0355. The first-order chi connectivity index (χ1) is 10.1. The summed E-state index contributed by atoms with van der Waals surface area (Å²) >= 11 is 1.73. The Morgan fingerprint density at radius 3 is 2.71 bits per heavy atom. The molecule has 112 valence electrons. The number of hydrogen-bond acceptors (Lipinski definition) is 5. The molecule has 1 aliphatic heterocycles. The standard InChI is InChI=1S/C14H19N5OS/c1-10-7-15-14(21-10)19-5-3-12(4-6-19)17-13(20)11-8-16-18(2)9-11/h7-9,12H,3-6H2,1-2H3,(H,17,20). The van der Waals surface area contributed by atoms with Crippen molar-refractivity contribution in [2.45, 2.75) is 25.8 Å². The molecule has 6 nitrogen and oxygen atoms in total. The summed E-state index contributed by atoms with van der Waals surface area (Å²) in [6.45, 7) is 3.94. The summed E-state index contributed by atoms with van der Waals surface area (Å²) in [5, 5.41) is 8.20. The number of aryl methyl sites for hydroxylation is 2. The van der Waals surface area contributed by atoms with Gasteiger partial charge in [-0.25, -0.2) is 4.98 Å². The van der Waals surface area contributed by atoms with Gasteiger partial charge in [-0.3, -0.25) is 9.48 Å². The molecule has 1 N–H and O–H groups in total. The monoisotopic (exact) mass is 305 g/mol. The van der Waals surface area contributed by atoms with E-state index in [-0.39, 0.29) is 11.9 Å². The normalized spacial score (nSPS) is 16.2. The maximum atomic E-state index is 12.1. The SMILES string of the molecule is Cc1cnc(N2CCC(NC(=O)c3cnn(C)c3)CC2)s1. The van der Waals surface area contributed by atoms with E-state index in [2.05, 4.69) is 27.2 Å². The molecular weight excluding hydrogens is 286 g/mol. The van der Waals surface area contributed by atoms with E-state index in [1.165, 1.54) is 4.88 Å². The Labute approximate surface area is 127 Å². The number of carbonyl (C=O) groups is 1. The lowest BCUT2D eigenvalue weighted by molar-refractivity contribution is 0.0931. The molecule has 2 aromatic rings. The van der Waals surface area contributed by atoms with Gasteiger partial charge in [-0.05, 0) is 19.8 Å². The molecule has 3 rings (SSSR count). The zero-order valence-electron chi connectivity index (χ0n) is 12.2. The Hall–Kier alpha value is -1.89. The van der Waals surface area contributed by atoms with Crippen molar-refractivity contribution in [2.75, 3.05) is 18.0 Å². The maximum Gasteiger partial charge on any atom is 0.254 e. The van der Waals surface area contributed by atoms with Crippen molar-refractivity contribution in [1.82, 2.24) is 20.1 Å². The molecular formula is C14H19N5OS. The number of carbonyl (C=O) groups excluding carboxylic acids is 1.